The van der Waals surface area contributed by atoms with Gasteiger partial charge < -0.3 is 9.31 Å². The SMILES string of the molecule is C=CB1OC(C)(C)C(C)(Cc2ccsc2)O1. The first-order chi connectivity index (χ1) is 7.47. The van der Waals surface area contributed by atoms with E-state index in [-0.39, 0.29) is 18.3 Å². The zero-order valence-corrected chi connectivity index (χ0v) is 10.8. The van der Waals surface area contributed by atoms with Crippen molar-refractivity contribution in [3.63, 3.8) is 0 Å². The summed E-state index contributed by atoms with van der Waals surface area (Å²) in [6.07, 6.45) is 0.869. The molecule has 1 atom stereocenters. The fourth-order valence-electron chi connectivity index (χ4n) is 1.97. The summed E-state index contributed by atoms with van der Waals surface area (Å²) in [5.74, 6) is 1.71. The lowest BCUT2D eigenvalue weighted by molar-refractivity contribution is -0.00870. The summed E-state index contributed by atoms with van der Waals surface area (Å²) in [6.45, 7) is 9.97. The highest BCUT2D eigenvalue weighted by molar-refractivity contribution is 7.07. The van der Waals surface area contributed by atoms with E-state index in [9.17, 15) is 0 Å². The average Bonchev–Trinajstić information content (AvgIpc) is 2.75. The fraction of sp³-hybridized carbons (Fsp3) is 0.500. The summed E-state index contributed by atoms with van der Waals surface area (Å²) >= 11 is 1.71. The zero-order chi connectivity index (χ0) is 11.8. The monoisotopic (exact) mass is 236 g/mol. The topological polar surface area (TPSA) is 18.5 Å². The van der Waals surface area contributed by atoms with Gasteiger partial charge in [0.1, 0.15) is 0 Å². The van der Waals surface area contributed by atoms with Gasteiger partial charge in [-0.15, -0.1) is 6.58 Å². The van der Waals surface area contributed by atoms with Crippen molar-refractivity contribution >= 4 is 18.5 Å². The molecule has 1 aromatic heterocycles. The molecule has 86 valence electrons. The molecule has 1 aliphatic heterocycles. The third-order valence-electron chi connectivity index (χ3n) is 3.37. The Morgan fingerprint density at radius 2 is 2.19 bits per heavy atom. The van der Waals surface area contributed by atoms with Crippen molar-refractivity contribution in [2.45, 2.75) is 38.4 Å². The van der Waals surface area contributed by atoms with Crippen molar-refractivity contribution < 1.29 is 9.31 Å². The van der Waals surface area contributed by atoms with Crippen molar-refractivity contribution in [3.05, 3.63) is 34.9 Å². The molecule has 1 saturated heterocycles. The lowest BCUT2D eigenvalue weighted by Crippen LogP contribution is -2.46. The third kappa shape index (κ3) is 1.97. The summed E-state index contributed by atoms with van der Waals surface area (Å²) in [5.41, 5.74) is 0.703. The minimum Gasteiger partial charge on any atom is -0.400 e. The van der Waals surface area contributed by atoms with Gasteiger partial charge in [-0.2, -0.15) is 11.3 Å². The van der Waals surface area contributed by atoms with Gasteiger partial charge in [0.2, 0.25) is 0 Å². The van der Waals surface area contributed by atoms with Crippen LogP contribution < -0.4 is 0 Å². The van der Waals surface area contributed by atoms with E-state index in [1.54, 1.807) is 17.3 Å². The second kappa shape index (κ2) is 4.02. The highest BCUT2D eigenvalue weighted by Crippen LogP contribution is 2.40. The van der Waals surface area contributed by atoms with E-state index in [0.29, 0.717) is 0 Å². The van der Waals surface area contributed by atoms with Crippen molar-refractivity contribution in [1.82, 2.24) is 0 Å². The van der Waals surface area contributed by atoms with Gasteiger partial charge in [0.05, 0.1) is 11.2 Å². The molecular weight excluding hydrogens is 219 g/mol. The quantitative estimate of drug-likeness (QED) is 0.751. The number of hydrogen-bond donors (Lipinski definition) is 0. The first-order valence-electron chi connectivity index (χ1n) is 5.46. The van der Waals surface area contributed by atoms with Crippen LogP contribution in [-0.2, 0) is 15.7 Å². The van der Waals surface area contributed by atoms with E-state index in [2.05, 4.69) is 44.2 Å². The summed E-state index contributed by atoms with van der Waals surface area (Å²) in [4.78, 5) is 0. The molecule has 16 heavy (non-hydrogen) atoms. The molecule has 1 aliphatic rings. The molecule has 0 saturated carbocycles. The first-order valence-corrected chi connectivity index (χ1v) is 6.40. The molecule has 2 nitrogen and oxygen atoms in total. The van der Waals surface area contributed by atoms with E-state index >= 15 is 0 Å². The van der Waals surface area contributed by atoms with Gasteiger partial charge in [0, 0.05) is 6.42 Å². The van der Waals surface area contributed by atoms with Crippen LogP contribution in [0.1, 0.15) is 26.3 Å². The second-order valence-electron chi connectivity index (χ2n) is 4.89. The minimum atomic E-state index is -0.299. The van der Waals surface area contributed by atoms with Crippen LogP contribution in [0.15, 0.2) is 29.4 Å². The second-order valence-corrected chi connectivity index (χ2v) is 5.67. The fourth-order valence-corrected chi connectivity index (χ4v) is 2.64. The molecule has 1 fully saturated rings. The summed E-state index contributed by atoms with van der Waals surface area (Å²) in [5, 5.41) is 4.25. The molecule has 4 heteroatoms. The smallest absolute Gasteiger partial charge is 0.400 e. The predicted octanol–water partition coefficient (Wildman–Crippen LogP) is 3.09. The Kier molecular flexibility index (Phi) is 2.99. The first kappa shape index (κ1) is 11.9. The van der Waals surface area contributed by atoms with Crippen LogP contribution >= 0.6 is 11.3 Å². The van der Waals surface area contributed by atoms with Crippen LogP contribution in [0.5, 0.6) is 0 Å². The van der Waals surface area contributed by atoms with Gasteiger partial charge in [-0.1, -0.05) is 5.98 Å². The van der Waals surface area contributed by atoms with Crippen LogP contribution in [0, 0.1) is 0 Å². The van der Waals surface area contributed by atoms with Crippen molar-refractivity contribution in [2.24, 2.45) is 0 Å². The molecule has 0 spiro atoms. The maximum Gasteiger partial charge on any atom is 0.486 e. The Hall–Kier alpha value is -0.575. The molecule has 0 bridgehead atoms. The Balaban J connectivity index is 2.20. The van der Waals surface area contributed by atoms with Crippen LogP contribution in [0.25, 0.3) is 0 Å². The highest BCUT2D eigenvalue weighted by Gasteiger charge is 2.52. The Morgan fingerprint density at radius 1 is 1.44 bits per heavy atom. The van der Waals surface area contributed by atoms with Gasteiger partial charge in [-0.25, -0.2) is 0 Å². The molecule has 0 radical (unpaired) electrons. The van der Waals surface area contributed by atoms with Crippen molar-refractivity contribution in [1.29, 1.82) is 0 Å². The van der Waals surface area contributed by atoms with Gasteiger partial charge in [0.25, 0.3) is 0 Å². The van der Waals surface area contributed by atoms with E-state index in [1.807, 2.05) is 0 Å². The standard InChI is InChI=1S/C12H17BO2S/c1-5-13-14-11(2,3)12(4,15-13)8-10-6-7-16-9-10/h5-7,9H,1,8H2,2-4H3. The van der Waals surface area contributed by atoms with E-state index in [4.69, 9.17) is 9.31 Å². The van der Waals surface area contributed by atoms with Gasteiger partial charge in [-0.3, -0.25) is 0 Å². The lowest BCUT2D eigenvalue weighted by Gasteiger charge is -2.36. The van der Waals surface area contributed by atoms with E-state index in [1.165, 1.54) is 5.56 Å². The van der Waals surface area contributed by atoms with Crippen LogP contribution in [-0.4, -0.2) is 18.3 Å². The number of hydrogen-bond acceptors (Lipinski definition) is 3. The maximum absolute atomic E-state index is 5.95. The molecule has 1 unspecified atom stereocenters. The summed E-state index contributed by atoms with van der Waals surface area (Å²) < 4.78 is 11.8. The molecule has 2 rings (SSSR count). The molecule has 0 aromatic carbocycles. The zero-order valence-electron chi connectivity index (χ0n) is 10.0. The molecule has 0 amide bonds. The van der Waals surface area contributed by atoms with E-state index < -0.39 is 0 Å². The van der Waals surface area contributed by atoms with Crippen LogP contribution in [0.2, 0.25) is 0 Å². The maximum atomic E-state index is 5.95. The molecule has 2 heterocycles. The predicted molar refractivity (Wildman–Crippen MR) is 68.6 cm³/mol. The van der Waals surface area contributed by atoms with Gasteiger partial charge in [0.15, 0.2) is 0 Å². The molecule has 0 N–H and O–H groups in total. The minimum absolute atomic E-state index is 0.293. The Morgan fingerprint density at radius 3 is 2.69 bits per heavy atom. The van der Waals surface area contributed by atoms with Crippen LogP contribution in [0.3, 0.4) is 0 Å². The van der Waals surface area contributed by atoms with Crippen molar-refractivity contribution in [3.8, 4) is 0 Å². The number of thiophene rings is 1. The van der Waals surface area contributed by atoms with Gasteiger partial charge in [-0.05, 0) is 43.2 Å². The Labute approximate surface area is 101 Å². The normalized spacial score (nSPS) is 28.3. The third-order valence-corrected chi connectivity index (χ3v) is 4.11. The number of rotatable bonds is 3. The average molecular weight is 236 g/mol. The highest BCUT2D eigenvalue weighted by atomic mass is 32.1. The Bertz CT molecular complexity index is 374. The lowest BCUT2D eigenvalue weighted by atomic mass is 9.83. The largest absolute Gasteiger partial charge is 0.486 e. The van der Waals surface area contributed by atoms with Crippen LogP contribution in [0.4, 0.5) is 0 Å². The van der Waals surface area contributed by atoms with Gasteiger partial charge >= 0.3 is 7.12 Å². The molecule has 1 aromatic rings. The van der Waals surface area contributed by atoms with Crippen molar-refractivity contribution in [2.75, 3.05) is 0 Å². The summed E-state index contributed by atoms with van der Waals surface area (Å²) in [7, 11) is -0.293. The molecule has 0 aliphatic carbocycles. The summed E-state index contributed by atoms with van der Waals surface area (Å²) in [6, 6.07) is 2.14. The molecular formula is C12H17BO2S. The van der Waals surface area contributed by atoms with E-state index in [0.717, 1.165) is 6.42 Å².